The molecule has 12 heavy (non-hydrogen) atoms. The second-order valence-corrected chi connectivity index (χ2v) is 2.97. The molecule has 4 heteroatoms. The molecule has 0 aliphatic rings. The minimum atomic E-state index is -0.779. The lowest BCUT2D eigenvalue weighted by atomic mass is 9.97. The van der Waals surface area contributed by atoms with Crippen molar-refractivity contribution in [2.75, 3.05) is 19.8 Å². The molecule has 0 fully saturated rings. The van der Waals surface area contributed by atoms with E-state index in [2.05, 4.69) is 0 Å². The van der Waals surface area contributed by atoms with Crippen LogP contribution in [0, 0.1) is 11.8 Å². The minimum Gasteiger partial charge on any atom is -0.481 e. The Bertz CT molecular complexity index is 138. The van der Waals surface area contributed by atoms with E-state index in [0.29, 0.717) is 19.8 Å². The van der Waals surface area contributed by atoms with Gasteiger partial charge in [-0.15, -0.1) is 0 Å². The number of carboxylic acids is 1. The Morgan fingerprint density at radius 3 is 2.58 bits per heavy atom. The van der Waals surface area contributed by atoms with Gasteiger partial charge in [0.25, 0.3) is 0 Å². The van der Waals surface area contributed by atoms with Gasteiger partial charge < -0.3 is 15.6 Å². The number of ether oxygens (including phenoxy) is 1. The Labute approximate surface area is 72.7 Å². The number of rotatable bonds is 6. The van der Waals surface area contributed by atoms with Gasteiger partial charge in [-0.05, 0) is 5.92 Å². The largest absolute Gasteiger partial charge is 0.481 e. The topological polar surface area (TPSA) is 72.5 Å². The van der Waals surface area contributed by atoms with E-state index < -0.39 is 5.97 Å². The average Bonchev–Trinajstić information content (AvgIpc) is 2.03. The Balaban J connectivity index is 3.56. The molecule has 0 aliphatic carbocycles. The molecule has 0 radical (unpaired) electrons. The summed E-state index contributed by atoms with van der Waals surface area (Å²) in [6.07, 6.45) is 0. The van der Waals surface area contributed by atoms with E-state index in [9.17, 15) is 4.79 Å². The van der Waals surface area contributed by atoms with Crippen molar-refractivity contribution in [2.24, 2.45) is 17.6 Å². The van der Waals surface area contributed by atoms with Crippen LogP contribution in [0.2, 0.25) is 0 Å². The number of hydrogen-bond acceptors (Lipinski definition) is 3. The summed E-state index contributed by atoms with van der Waals surface area (Å²) in [6.45, 7) is 4.98. The predicted octanol–water partition coefficient (Wildman–Crippen LogP) is 0.319. The van der Waals surface area contributed by atoms with Crippen molar-refractivity contribution in [3.63, 3.8) is 0 Å². The van der Waals surface area contributed by atoms with Crippen molar-refractivity contribution < 1.29 is 14.6 Å². The van der Waals surface area contributed by atoms with E-state index in [4.69, 9.17) is 15.6 Å². The lowest BCUT2D eigenvalue weighted by molar-refractivity contribution is -0.143. The molecule has 0 amide bonds. The highest BCUT2D eigenvalue weighted by Gasteiger charge is 2.18. The van der Waals surface area contributed by atoms with Gasteiger partial charge in [-0.25, -0.2) is 0 Å². The molecule has 0 bridgehead atoms. The van der Waals surface area contributed by atoms with Crippen LogP contribution in [0.3, 0.4) is 0 Å². The summed E-state index contributed by atoms with van der Waals surface area (Å²) < 4.78 is 5.13. The predicted molar refractivity (Wildman–Crippen MR) is 45.8 cm³/mol. The second-order valence-electron chi connectivity index (χ2n) is 2.97. The van der Waals surface area contributed by atoms with Crippen LogP contribution < -0.4 is 5.73 Å². The first-order valence-corrected chi connectivity index (χ1v) is 4.10. The van der Waals surface area contributed by atoms with Gasteiger partial charge in [0.2, 0.25) is 0 Å². The first-order chi connectivity index (χ1) is 5.59. The number of aliphatic carboxylic acids is 1. The Hall–Kier alpha value is -0.610. The monoisotopic (exact) mass is 175 g/mol. The van der Waals surface area contributed by atoms with Crippen molar-refractivity contribution in [1.82, 2.24) is 0 Å². The average molecular weight is 175 g/mol. The fraction of sp³-hybridized carbons (Fsp3) is 0.875. The van der Waals surface area contributed by atoms with E-state index in [1.807, 2.05) is 6.92 Å². The van der Waals surface area contributed by atoms with Crippen LogP contribution in [-0.2, 0) is 9.53 Å². The molecule has 0 saturated heterocycles. The van der Waals surface area contributed by atoms with Gasteiger partial charge in [-0.1, -0.05) is 13.8 Å². The van der Waals surface area contributed by atoms with E-state index in [1.54, 1.807) is 6.92 Å². The third kappa shape index (κ3) is 4.31. The molecule has 0 aliphatic heterocycles. The van der Waals surface area contributed by atoms with Gasteiger partial charge in [0, 0.05) is 13.2 Å². The molecule has 0 rings (SSSR count). The van der Waals surface area contributed by atoms with E-state index in [-0.39, 0.29) is 11.8 Å². The van der Waals surface area contributed by atoms with Crippen LogP contribution in [0.4, 0.5) is 0 Å². The summed E-state index contributed by atoms with van der Waals surface area (Å²) in [7, 11) is 0. The fourth-order valence-electron chi connectivity index (χ4n) is 0.740. The first kappa shape index (κ1) is 11.4. The van der Waals surface area contributed by atoms with E-state index in [1.165, 1.54) is 0 Å². The highest BCUT2D eigenvalue weighted by molar-refractivity contribution is 5.69. The van der Waals surface area contributed by atoms with Crippen molar-refractivity contribution in [1.29, 1.82) is 0 Å². The summed E-state index contributed by atoms with van der Waals surface area (Å²) in [5, 5.41) is 8.63. The Kier molecular flexibility index (Phi) is 5.66. The van der Waals surface area contributed by atoms with Crippen LogP contribution in [-0.4, -0.2) is 30.8 Å². The number of carbonyl (C=O) groups is 1. The molecule has 0 heterocycles. The molecule has 0 aromatic carbocycles. The van der Waals surface area contributed by atoms with Crippen LogP contribution in [0.1, 0.15) is 13.8 Å². The number of hydrogen-bond donors (Lipinski definition) is 2. The maximum atomic E-state index is 10.5. The SMILES string of the molecule is CC(COCCN)C(C)C(=O)O. The van der Waals surface area contributed by atoms with Gasteiger partial charge in [0.05, 0.1) is 12.5 Å². The zero-order chi connectivity index (χ0) is 9.56. The third-order valence-corrected chi connectivity index (χ3v) is 1.89. The molecular formula is C8H17NO3. The van der Waals surface area contributed by atoms with Crippen LogP contribution in [0.5, 0.6) is 0 Å². The molecular weight excluding hydrogens is 158 g/mol. The van der Waals surface area contributed by atoms with Gasteiger partial charge in [0.1, 0.15) is 0 Å². The highest BCUT2D eigenvalue weighted by atomic mass is 16.5. The van der Waals surface area contributed by atoms with Gasteiger partial charge in [-0.2, -0.15) is 0 Å². The zero-order valence-electron chi connectivity index (χ0n) is 7.62. The van der Waals surface area contributed by atoms with Crippen molar-refractivity contribution in [3.8, 4) is 0 Å². The van der Waals surface area contributed by atoms with Gasteiger partial charge >= 0.3 is 5.97 Å². The Morgan fingerprint density at radius 1 is 1.58 bits per heavy atom. The quantitative estimate of drug-likeness (QED) is 0.570. The van der Waals surface area contributed by atoms with Crippen molar-refractivity contribution in [2.45, 2.75) is 13.8 Å². The van der Waals surface area contributed by atoms with Crippen molar-refractivity contribution in [3.05, 3.63) is 0 Å². The molecule has 72 valence electrons. The molecule has 4 nitrogen and oxygen atoms in total. The second kappa shape index (κ2) is 5.97. The van der Waals surface area contributed by atoms with Crippen LogP contribution >= 0.6 is 0 Å². The molecule has 0 saturated carbocycles. The molecule has 2 unspecified atom stereocenters. The van der Waals surface area contributed by atoms with E-state index >= 15 is 0 Å². The highest BCUT2D eigenvalue weighted by Crippen LogP contribution is 2.10. The summed E-state index contributed by atoms with van der Waals surface area (Å²) >= 11 is 0. The van der Waals surface area contributed by atoms with Gasteiger partial charge in [-0.3, -0.25) is 4.79 Å². The maximum absolute atomic E-state index is 10.5. The number of carboxylic acid groups (broad SMARTS) is 1. The van der Waals surface area contributed by atoms with Gasteiger partial charge in [0.15, 0.2) is 0 Å². The lowest BCUT2D eigenvalue weighted by Gasteiger charge is -2.15. The zero-order valence-corrected chi connectivity index (χ0v) is 7.62. The van der Waals surface area contributed by atoms with Crippen LogP contribution in [0.25, 0.3) is 0 Å². The van der Waals surface area contributed by atoms with Crippen molar-refractivity contribution >= 4 is 5.97 Å². The van der Waals surface area contributed by atoms with Crippen LogP contribution in [0.15, 0.2) is 0 Å². The maximum Gasteiger partial charge on any atom is 0.306 e. The summed E-state index contributed by atoms with van der Waals surface area (Å²) in [5.74, 6) is -1.10. The summed E-state index contributed by atoms with van der Waals surface area (Å²) in [4.78, 5) is 10.5. The summed E-state index contributed by atoms with van der Waals surface area (Å²) in [6, 6.07) is 0. The molecule has 3 N–H and O–H groups in total. The third-order valence-electron chi connectivity index (χ3n) is 1.89. The Morgan fingerprint density at radius 2 is 2.17 bits per heavy atom. The fourth-order valence-corrected chi connectivity index (χ4v) is 0.740. The number of nitrogens with two attached hydrogens (primary N) is 1. The minimum absolute atomic E-state index is 0.0362. The molecule has 2 atom stereocenters. The smallest absolute Gasteiger partial charge is 0.306 e. The normalized spacial score (nSPS) is 15.6. The van der Waals surface area contributed by atoms with E-state index in [0.717, 1.165) is 0 Å². The first-order valence-electron chi connectivity index (χ1n) is 4.10. The molecule has 0 aromatic heterocycles. The summed E-state index contributed by atoms with van der Waals surface area (Å²) in [5.41, 5.74) is 5.21. The molecule has 0 spiro atoms. The lowest BCUT2D eigenvalue weighted by Crippen LogP contribution is -2.23. The standard InChI is InChI=1S/C8H17NO3/c1-6(5-12-4-3-9)7(2)8(10)11/h6-7H,3-5,9H2,1-2H3,(H,10,11). The molecule has 0 aromatic rings.